The molecule has 0 spiro atoms. The second-order valence-electron chi connectivity index (χ2n) is 5.27. The summed E-state index contributed by atoms with van der Waals surface area (Å²) in [6.45, 7) is 0.694. The Bertz CT molecular complexity index is 764. The van der Waals surface area contributed by atoms with Gasteiger partial charge in [-0.3, -0.25) is 4.79 Å². The minimum atomic E-state index is -2.93. The largest absolute Gasteiger partial charge is 0.434 e. The van der Waals surface area contributed by atoms with Gasteiger partial charge in [0.05, 0.1) is 6.21 Å². The number of benzene rings is 2. The highest BCUT2D eigenvalue weighted by molar-refractivity contribution is 5.92. The number of amides is 1. The summed E-state index contributed by atoms with van der Waals surface area (Å²) in [4.78, 5) is 16.7. The molecular weight excluding hydrogens is 330 g/mol. The van der Waals surface area contributed by atoms with Crippen molar-refractivity contribution in [3.63, 3.8) is 0 Å². The summed E-state index contributed by atoms with van der Waals surface area (Å²) < 4.78 is 29.0. The fourth-order valence-electron chi connectivity index (χ4n) is 2.00. The van der Waals surface area contributed by atoms with E-state index in [0.717, 1.165) is 11.1 Å². The molecule has 2 aromatic rings. The Labute approximate surface area is 144 Å². The van der Waals surface area contributed by atoms with Crippen LogP contribution in [0.3, 0.4) is 0 Å². The summed E-state index contributed by atoms with van der Waals surface area (Å²) in [7, 11) is 0. The standard InChI is InChI=1S/C18H18F2N2O3/c1-12-7-8-15(9-13(12)2)22-17(23)11-24-21-10-14-5-3-4-6-16(14)25-18(19)20/h3-10,18H,11H2,1-2H3,(H,22,23)/b21-10-. The first-order valence-corrected chi connectivity index (χ1v) is 7.52. The summed E-state index contributed by atoms with van der Waals surface area (Å²) in [6.07, 6.45) is 1.21. The summed E-state index contributed by atoms with van der Waals surface area (Å²) in [5, 5.41) is 6.30. The number of halogens is 2. The maximum Gasteiger partial charge on any atom is 0.387 e. The van der Waals surface area contributed by atoms with Crippen LogP contribution < -0.4 is 10.1 Å². The third kappa shape index (κ3) is 5.87. The lowest BCUT2D eigenvalue weighted by Gasteiger charge is -2.07. The number of nitrogens with zero attached hydrogens (tertiary/aromatic N) is 1. The van der Waals surface area contributed by atoms with Gasteiger partial charge in [0.1, 0.15) is 5.75 Å². The molecule has 25 heavy (non-hydrogen) atoms. The predicted octanol–water partition coefficient (Wildman–Crippen LogP) is 3.89. The summed E-state index contributed by atoms with van der Waals surface area (Å²) in [5.74, 6) is -0.401. The number of hydrogen-bond acceptors (Lipinski definition) is 4. The van der Waals surface area contributed by atoms with E-state index in [1.54, 1.807) is 24.3 Å². The zero-order valence-electron chi connectivity index (χ0n) is 13.8. The predicted molar refractivity (Wildman–Crippen MR) is 91.2 cm³/mol. The molecule has 0 bridgehead atoms. The smallest absolute Gasteiger partial charge is 0.387 e. The van der Waals surface area contributed by atoms with Crippen molar-refractivity contribution in [1.82, 2.24) is 0 Å². The monoisotopic (exact) mass is 348 g/mol. The fraction of sp³-hybridized carbons (Fsp3) is 0.222. The number of ether oxygens (including phenoxy) is 1. The molecule has 132 valence electrons. The van der Waals surface area contributed by atoms with E-state index in [1.165, 1.54) is 12.3 Å². The van der Waals surface area contributed by atoms with Crippen LogP contribution in [0.25, 0.3) is 0 Å². The van der Waals surface area contributed by atoms with Crippen LogP contribution in [0, 0.1) is 13.8 Å². The van der Waals surface area contributed by atoms with Gasteiger partial charge in [0.2, 0.25) is 0 Å². The van der Waals surface area contributed by atoms with E-state index >= 15 is 0 Å². The Hall–Kier alpha value is -2.96. The van der Waals surface area contributed by atoms with Gasteiger partial charge in [-0.1, -0.05) is 23.4 Å². The highest BCUT2D eigenvalue weighted by Gasteiger charge is 2.08. The molecule has 1 amide bonds. The van der Waals surface area contributed by atoms with E-state index < -0.39 is 6.61 Å². The highest BCUT2D eigenvalue weighted by atomic mass is 19.3. The van der Waals surface area contributed by atoms with Crippen LogP contribution in [0.4, 0.5) is 14.5 Å². The Morgan fingerprint density at radius 3 is 2.68 bits per heavy atom. The van der Waals surface area contributed by atoms with Crippen LogP contribution in [-0.4, -0.2) is 25.3 Å². The number of carbonyl (C=O) groups excluding carboxylic acids is 1. The van der Waals surface area contributed by atoms with Gasteiger partial charge in [0, 0.05) is 11.3 Å². The molecule has 2 rings (SSSR count). The van der Waals surface area contributed by atoms with Crippen molar-refractivity contribution in [3.05, 3.63) is 59.2 Å². The third-order valence-corrected chi connectivity index (χ3v) is 3.39. The zero-order valence-corrected chi connectivity index (χ0v) is 13.8. The van der Waals surface area contributed by atoms with Crippen molar-refractivity contribution >= 4 is 17.8 Å². The number of oxime groups is 1. The average molecular weight is 348 g/mol. The molecule has 1 N–H and O–H groups in total. The SMILES string of the molecule is Cc1ccc(NC(=O)CO/N=C\c2ccccc2OC(F)F)cc1C. The quantitative estimate of drug-likeness (QED) is 0.610. The van der Waals surface area contributed by atoms with Crippen LogP contribution in [0.1, 0.15) is 16.7 Å². The number of nitrogens with one attached hydrogen (secondary N) is 1. The van der Waals surface area contributed by atoms with E-state index in [1.807, 2.05) is 26.0 Å². The van der Waals surface area contributed by atoms with Crippen molar-refractivity contribution in [2.24, 2.45) is 5.16 Å². The topological polar surface area (TPSA) is 59.9 Å². The van der Waals surface area contributed by atoms with Gasteiger partial charge in [-0.15, -0.1) is 0 Å². The molecule has 5 nitrogen and oxygen atoms in total. The summed E-state index contributed by atoms with van der Waals surface area (Å²) in [5.41, 5.74) is 3.17. The normalized spacial score (nSPS) is 10.9. The molecule has 0 unspecified atom stereocenters. The molecule has 0 aliphatic rings. The lowest BCUT2D eigenvalue weighted by atomic mass is 10.1. The van der Waals surface area contributed by atoms with Gasteiger partial charge >= 0.3 is 6.61 Å². The van der Waals surface area contributed by atoms with E-state index in [-0.39, 0.29) is 18.3 Å². The van der Waals surface area contributed by atoms with Crippen LogP contribution in [0.15, 0.2) is 47.6 Å². The van der Waals surface area contributed by atoms with Crippen molar-refractivity contribution in [1.29, 1.82) is 0 Å². The van der Waals surface area contributed by atoms with Gasteiger partial charge in [0.25, 0.3) is 5.91 Å². The molecule has 0 heterocycles. The molecule has 7 heteroatoms. The van der Waals surface area contributed by atoms with Gasteiger partial charge in [-0.2, -0.15) is 8.78 Å². The van der Waals surface area contributed by atoms with Gasteiger partial charge < -0.3 is 14.9 Å². The van der Waals surface area contributed by atoms with Crippen LogP contribution >= 0.6 is 0 Å². The second-order valence-corrected chi connectivity index (χ2v) is 5.27. The Morgan fingerprint density at radius 2 is 1.96 bits per heavy atom. The van der Waals surface area contributed by atoms with Gasteiger partial charge in [-0.05, 0) is 49.2 Å². The number of hydrogen-bond donors (Lipinski definition) is 1. The van der Waals surface area contributed by atoms with Gasteiger partial charge in [-0.25, -0.2) is 0 Å². The van der Waals surface area contributed by atoms with Crippen LogP contribution in [0.5, 0.6) is 5.75 Å². The maximum absolute atomic E-state index is 12.3. The van der Waals surface area contributed by atoms with Crippen molar-refractivity contribution in [2.45, 2.75) is 20.5 Å². The van der Waals surface area contributed by atoms with E-state index in [9.17, 15) is 13.6 Å². The first kappa shape index (κ1) is 18.4. The first-order valence-electron chi connectivity index (χ1n) is 7.52. The minimum Gasteiger partial charge on any atom is -0.434 e. The van der Waals surface area contributed by atoms with Crippen molar-refractivity contribution in [3.8, 4) is 5.75 Å². The van der Waals surface area contributed by atoms with Crippen LogP contribution in [0.2, 0.25) is 0 Å². The number of para-hydroxylation sites is 1. The highest BCUT2D eigenvalue weighted by Crippen LogP contribution is 2.18. The zero-order chi connectivity index (χ0) is 18.2. The first-order chi connectivity index (χ1) is 12.0. The Kier molecular flexibility index (Phi) is 6.45. The lowest BCUT2D eigenvalue weighted by molar-refractivity contribution is -0.120. The number of carbonyl (C=O) groups is 1. The van der Waals surface area contributed by atoms with Crippen molar-refractivity contribution in [2.75, 3.05) is 11.9 Å². The van der Waals surface area contributed by atoms with Crippen molar-refractivity contribution < 1.29 is 23.1 Å². The summed E-state index contributed by atoms with van der Waals surface area (Å²) >= 11 is 0. The Morgan fingerprint density at radius 1 is 1.20 bits per heavy atom. The maximum atomic E-state index is 12.3. The number of rotatable bonds is 7. The molecular formula is C18H18F2N2O3. The number of alkyl halides is 2. The van der Waals surface area contributed by atoms with Crippen LogP contribution in [-0.2, 0) is 9.63 Å². The fourth-order valence-corrected chi connectivity index (χ4v) is 2.00. The average Bonchev–Trinajstić information content (AvgIpc) is 2.56. The molecule has 0 radical (unpaired) electrons. The Balaban J connectivity index is 1.86. The molecule has 0 aromatic heterocycles. The molecule has 0 saturated carbocycles. The minimum absolute atomic E-state index is 0.0237. The second kappa shape index (κ2) is 8.77. The van der Waals surface area contributed by atoms with Gasteiger partial charge in [0.15, 0.2) is 6.61 Å². The van der Waals surface area contributed by atoms with E-state index in [0.29, 0.717) is 11.3 Å². The molecule has 0 fully saturated rings. The molecule has 0 saturated heterocycles. The third-order valence-electron chi connectivity index (χ3n) is 3.39. The van der Waals surface area contributed by atoms with E-state index in [4.69, 9.17) is 4.84 Å². The molecule has 0 atom stereocenters. The number of anilines is 1. The number of aryl methyl sites for hydroxylation is 2. The summed E-state index contributed by atoms with van der Waals surface area (Å²) in [6, 6.07) is 11.7. The molecule has 0 aliphatic carbocycles. The van der Waals surface area contributed by atoms with E-state index in [2.05, 4.69) is 15.2 Å². The molecule has 0 aliphatic heterocycles. The lowest BCUT2D eigenvalue weighted by Crippen LogP contribution is -2.17. The molecule has 2 aromatic carbocycles.